The molecule has 0 unspecified atom stereocenters. The van der Waals surface area contributed by atoms with Gasteiger partial charge in [0.1, 0.15) is 28.2 Å². The second kappa shape index (κ2) is 14.5. The molecule has 0 saturated carbocycles. The Balaban J connectivity index is 1.48. The van der Waals surface area contributed by atoms with Crippen LogP contribution in [0.3, 0.4) is 0 Å². The van der Waals surface area contributed by atoms with E-state index in [1.165, 1.54) is 17.4 Å². The number of amides is 1. The number of carbonyl (C=O) groups is 3. The Morgan fingerprint density at radius 1 is 0.976 bits per heavy atom. The fraction of sp³-hybridized carbons (Fsp3) is 0.375. The Bertz CT molecular complexity index is 1460. The number of carbonyl (C=O) groups excluding carboxylic acids is 3. The molecule has 3 aromatic rings. The van der Waals surface area contributed by atoms with Crippen molar-refractivity contribution in [2.75, 3.05) is 18.5 Å². The highest BCUT2D eigenvalue weighted by atomic mass is 32.1. The van der Waals surface area contributed by atoms with Gasteiger partial charge in [-0.05, 0) is 68.4 Å². The zero-order chi connectivity index (χ0) is 29.2. The van der Waals surface area contributed by atoms with E-state index in [4.69, 9.17) is 13.9 Å². The third kappa shape index (κ3) is 7.53. The van der Waals surface area contributed by atoms with E-state index in [2.05, 4.69) is 5.32 Å². The van der Waals surface area contributed by atoms with Crippen LogP contribution in [-0.4, -0.2) is 31.1 Å². The number of nitriles is 1. The minimum atomic E-state index is -0.627. The molecular weight excluding hydrogens is 540 g/mol. The van der Waals surface area contributed by atoms with Crippen molar-refractivity contribution in [1.82, 2.24) is 0 Å². The van der Waals surface area contributed by atoms with Gasteiger partial charge in [-0.15, -0.1) is 11.3 Å². The number of nitrogens with zero attached hydrogens (tertiary/aromatic N) is 1. The second-order valence-corrected chi connectivity index (χ2v) is 10.9. The molecule has 8 nitrogen and oxygen atoms in total. The number of unbranched alkanes of at least 4 members (excludes halogenated alkanes) is 2. The van der Waals surface area contributed by atoms with Gasteiger partial charge in [-0.1, -0.05) is 38.8 Å². The zero-order valence-corrected chi connectivity index (χ0v) is 24.2. The fourth-order valence-electron chi connectivity index (χ4n) is 4.46. The quantitative estimate of drug-likeness (QED) is 0.104. The highest BCUT2D eigenvalue weighted by Crippen LogP contribution is 2.39. The topological polar surface area (TPSA) is 119 Å². The highest BCUT2D eigenvalue weighted by Gasteiger charge is 2.28. The summed E-state index contributed by atoms with van der Waals surface area (Å²) >= 11 is 1.38. The third-order valence-corrected chi connectivity index (χ3v) is 7.96. The van der Waals surface area contributed by atoms with E-state index in [9.17, 15) is 19.6 Å². The van der Waals surface area contributed by atoms with Gasteiger partial charge < -0.3 is 19.2 Å². The van der Waals surface area contributed by atoms with Crippen molar-refractivity contribution >= 4 is 40.3 Å². The third-order valence-electron chi connectivity index (χ3n) is 6.75. The van der Waals surface area contributed by atoms with Gasteiger partial charge in [-0.2, -0.15) is 5.26 Å². The number of thiophene rings is 1. The lowest BCUT2D eigenvalue weighted by Crippen LogP contribution is -2.17. The normalized spacial score (nSPS) is 12.8. The highest BCUT2D eigenvalue weighted by molar-refractivity contribution is 7.17. The predicted octanol–water partition coefficient (Wildman–Crippen LogP) is 7.35. The Labute approximate surface area is 244 Å². The number of nitrogens with one attached hydrogen (secondary N) is 1. The number of fused-ring (bicyclic) bond motifs is 1. The van der Waals surface area contributed by atoms with Crippen molar-refractivity contribution in [3.63, 3.8) is 0 Å². The van der Waals surface area contributed by atoms with E-state index in [1.54, 1.807) is 36.4 Å². The number of esters is 2. The van der Waals surface area contributed by atoms with Crippen molar-refractivity contribution in [2.24, 2.45) is 0 Å². The van der Waals surface area contributed by atoms with E-state index in [0.29, 0.717) is 40.9 Å². The molecule has 0 spiro atoms. The molecule has 1 amide bonds. The zero-order valence-electron chi connectivity index (χ0n) is 23.4. The van der Waals surface area contributed by atoms with Gasteiger partial charge in [-0.25, -0.2) is 9.59 Å². The predicted molar refractivity (Wildman–Crippen MR) is 158 cm³/mol. The molecule has 1 aliphatic carbocycles. The maximum atomic E-state index is 13.1. The van der Waals surface area contributed by atoms with Crippen LogP contribution in [0, 0.1) is 11.3 Å². The number of hydrogen-bond donors (Lipinski definition) is 1. The summed E-state index contributed by atoms with van der Waals surface area (Å²) in [6.45, 7) is 4.76. The SMILES string of the molecule is CCCCOC(=O)c1ccc(-c2ccc(/C=C(\C#N)C(=O)Nc3sc4c(c3C(=O)OCCCC)CCCC4)o2)cc1. The average Bonchev–Trinajstić information content (AvgIpc) is 3.60. The number of ether oxygens (including phenoxy) is 2. The second-order valence-electron chi connectivity index (χ2n) is 9.80. The van der Waals surface area contributed by atoms with Crippen LogP contribution in [0.1, 0.15) is 89.3 Å². The van der Waals surface area contributed by atoms with Crippen LogP contribution in [0.25, 0.3) is 17.4 Å². The molecule has 0 saturated heterocycles. The molecule has 41 heavy (non-hydrogen) atoms. The van der Waals surface area contributed by atoms with Crippen molar-refractivity contribution in [3.8, 4) is 17.4 Å². The number of anilines is 1. The molecule has 2 aromatic heterocycles. The minimum Gasteiger partial charge on any atom is -0.462 e. The average molecular weight is 575 g/mol. The van der Waals surface area contributed by atoms with Crippen molar-refractivity contribution in [1.29, 1.82) is 5.26 Å². The summed E-state index contributed by atoms with van der Waals surface area (Å²) in [5.74, 6) is -0.604. The molecule has 2 heterocycles. The van der Waals surface area contributed by atoms with Crippen molar-refractivity contribution in [3.05, 3.63) is 69.3 Å². The number of rotatable bonds is 12. The van der Waals surface area contributed by atoms with Gasteiger partial charge >= 0.3 is 11.9 Å². The molecule has 4 rings (SSSR count). The van der Waals surface area contributed by atoms with Crippen molar-refractivity contribution < 1.29 is 28.3 Å². The molecule has 1 aliphatic rings. The molecule has 1 N–H and O–H groups in total. The standard InChI is InChI=1S/C32H34N2O6S/c1-3-5-17-38-31(36)22-13-11-21(12-14-22)26-16-15-24(40-26)19-23(20-33)29(35)34-30-28(32(37)39-18-6-4-2)25-9-7-8-10-27(25)41-30/h11-16,19H,3-10,17-18H2,1-2H3,(H,34,35)/b23-19+. The Hall–Kier alpha value is -4.16. The van der Waals surface area contributed by atoms with Gasteiger partial charge in [0.25, 0.3) is 5.91 Å². The van der Waals surface area contributed by atoms with E-state index < -0.39 is 11.9 Å². The summed E-state index contributed by atoms with van der Waals surface area (Å²) in [5, 5.41) is 13.0. The Kier molecular flexibility index (Phi) is 10.5. The van der Waals surface area contributed by atoms with Crippen LogP contribution in [-0.2, 0) is 27.1 Å². The van der Waals surface area contributed by atoms with E-state index >= 15 is 0 Å². The first-order chi connectivity index (χ1) is 19.9. The number of aryl methyl sites for hydroxylation is 1. The molecule has 0 fully saturated rings. The Morgan fingerprint density at radius 2 is 1.66 bits per heavy atom. The summed E-state index contributed by atoms with van der Waals surface area (Å²) in [5.41, 5.74) is 2.37. The van der Waals surface area contributed by atoms with Crippen LogP contribution >= 0.6 is 11.3 Å². The summed E-state index contributed by atoms with van der Waals surface area (Å²) in [4.78, 5) is 39.3. The van der Waals surface area contributed by atoms with Crippen LogP contribution < -0.4 is 5.32 Å². The van der Waals surface area contributed by atoms with Gasteiger partial charge in [0.2, 0.25) is 0 Å². The fourth-order valence-corrected chi connectivity index (χ4v) is 5.73. The molecule has 0 bridgehead atoms. The van der Waals surface area contributed by atoms with Gasteiger partial charge in [-0.3, -0.25) is 4.79 Å². The maximum Gasteiger partial charge on any atom is 0.341 e. The van der Waals surface area contributed by atoms with Crippen LogP contribution in [0.4, 0.5) is 5.00 Å². The van der Waals surface area contributed by atoms with Gasteiger partial charge in [0, 0.05) is 16.5 Å². The molecular formula is C32H34N2O6S. The largest absolute Gasteiger partial charge is 0.462 e. The minimum absolute atomic E-state index is 0.159. The molecule has 9 heteroatoms. The van der Waals surface area contributed by atoms with Gasteiger partial charge in [0.15, 0.2) is 0 Å². The monoisotopic (exact) mass is 574 g/mol. The first-order valence-corrected chi connectivity index (χ1v) is 14.9. The van der Waals surface area contributed by atoms with E-state index in [0.717, 1.165) is 67.4 Å². The lowest BCUT2D eigenvalue weighted by Gasteiger charge is -2.12. The van der Waals surface area contributed by atoms with Crippen LogP contribution in [0.2, 0.25) is 0 Å². The number of hydrogen-bond acceptors (Lipinski definition) is 8. The first kappa shape index (κ1) is 29.8. The number of furan rings is 1. The lowest BCUT2D eigenvalue weighted by molar-refractivity contribution is -0.112. The maximum absolute atomic E-state index is 13.1. The summed E-state index contributed by atoms with van der Waals surface area (Å²) in [6.07, 6.45) is 8.41. The molecule has 0 aliphatic heterocycles. The smallest absolute Gasteiger partial charge is 0.341 e. The lowest BCUT2D eigenvalue weighted by atomic mass is 9.95. The molecule has 0 radical (unpaired) electrons. The van der Waals surface area contributed by atoms with E-state index in [1.807, 2.05) is 19.9 Å². The molecule has 214 valence electrons. The number of benzene rings is 1. The van der Waals surface area contributed by atoms with Crippen LogP contribution in [0.5, 0.6) is 0 Å². The molecule has 1 aromatic carbocycles. The van der Waals surface area contributed by atoms with Crippen LogP contribution in [0.15, 0.2) is 46.4 Å². The van der Waals surface area contributed by atoms with Gasteiger partial charge in [0.05, 0.1) is 24.3 Å². The summed E-state index contributed by atoms with van der Waals surface area (Å²) < 4.78 is 16.6. The van der Waals surface area contributed by atoms with Crippen molar-refractivity contribution in [2.45, 2.75) is 65.2 Å². The van der Waals surface area contributed by atoms with E-state index in [-0.39, 0.29) is 11.5 Å². The first-order valence-electron chi connectivity index (χ1n) is 14.1. The Morgan fingerprint density at radius 3 is 2.34 bits per heavy atom. The summed E-state index contributed by atoms with van der Waals surface area (Å²) in [7, 11) is 0. The molecule has 0 atom stereocenters. The summed E-state index contributed by atoms with van der Waals surface area (Å²) in [6, 6.07) is 12.2.